The van der Waals surface area contributed by atoms with Crippen LogP contribution in [0.3, 0.4) is 0 Å². The predicted octanol–water partition coefficient (Wildman–Crippen LogP) is 2.56. The number of rotatable bonds is 14. The average molecular weight is 433 g/mol. The van der Waals surface area contributed by atoms with Gasteiger partial charge in [0, 0.05) is 17.3 Å². The summed E-state index contributed by atoms with van der Waals surface area (Å²) in [4.78, 5) is 0.261. The van der Waals surface area contributed by atoms with Crippen LogP contribution in [0.2, 0.25) is 0 Å². The molecule has 1 heterocycles. The Kier molecular flexibility index (Phi) is 8.65. The lowest BCUT2D eigenvalue weighted by molar-refractivity contribution is 0.558. The second kappa shape index (κ2) is 11.4. The molecule has 2 aromatic carbocycles. The van der Waals surface area contributed by atoms with Gasteiger partial charge in [-0.25, -0.2) is 13.1 Å². The summed E-state index contributed by atoms with van der Waals surface area (Å²) in [6.07, 6.45) is 3.97. The van der Waals surface area contributed by atoms with E-state index < -0.39 is 10.0 Å². The molecule has 0 radical (unpaired) electrons. The lowest BCUT2D eigenvalue weighted by atomic mass is 10.1. The first-order valence-electron chi connectivity index (χ1n) is 10.6. The summed E-state index contributed by atoms with van der Waals surface area (Å²) in [5, 5.41) is 8.45. The van der Waals surface area contributed by atoms with E-state index in [1.54, 1.807) is 18.2 Å². The summed E-state index contributed by atoms with van der Waals surface area (Å²) in [5.74, 6) is 0. The standard InChI is InChI=1S/C22H32N4O3S/c23-11-5-14-24-12-3-4-13-25-15-6-16-26-30(27,28)18-9-10-22-20(17-18)19-7-1-2-8-21(19)29-22/h1-2,7-10,17,24-26H,3-6,11-16,23H2. The van der Waals surface area contributed by atoms with Crippen molar-refractivity contribution in [2.75, 3.05) is 39.3 Å². The number of unbranched alkanes of at least 4 members (excludes halogenated alkanes) is 1. The summed E-state index contributed by atoms with van der Waals surface area (Å²) >= 11 is 0. The van der Waals surface area contributed by atoms with Crippen LogP contribution in [0, 0.1) is 0 Å². The van der Waals surface area contributed by atoms with Crippen LogP contribution in [-0.2, 0) is 10.0 Å². The molecule has 0 spiro atoms. The molecule has 0 atom stereocenters. The molecule has 3 aromatic rings. The Morgan fingerprint density at radius 2 is 1.43 bits per heavy atom. The smallest absolute Gasteiger partial charge is 0.240 e. The Hall–Kier alpha value is -1.97. The predicted molar refractivity (Wildman–Crippen MR) is 122 cm³/mol. The van der Waals surface area contributed by atoms with E-state index in [0.29, 0.717) is 12.1 Å². The number of hydrogen-bond donors (Lipinski definition) is 4. The molecule has 0 amide bonds. The second-order valence-corrected chi connectivity index (χ2v) is 9.12. The third-order valence-electron chi connectivity index (χ3n) is 5.00. The van der Waals surface area contributed by atoms with Gasteiger partial charge in [0.1, 0.15) is 11.2 Å². The third kappa shape index (κ3) is 6.26. The van der Waals surface area contributed by atoms with E-state index in [9.17, 15) is 8.42 Å². The maximum Gasteiger partial charge on any atom is 0.240 e. The monoisotopic (exact) mass is 432 g/mol. The molecule has 0 fully saturated rings. The van der Waals surface area contributed by atoms with Crippen LogP contribution in [0.1, 0.15) is 25.7 Å². The molecular formula is C22H32N4O3S. The number of benzene rings is 2. The molecule has 0 unspecified atom stereocenters. The van der Waals surface area contributed by atoms with Gasteiger partial charge in [-0.15, -0.1) is 0 Å². The van der Waals surface area contributed by atoms with Crippen molar-refractivity contribution in [2.24, 2.45) is 5.73 Å². The highest BCUT2D eigenvalue weighted by Crippen LogP contribution is 2.30. The van der Waals surface area contributed by atoms with Crippen molar-refractivity contribution in [1.29, 1.82) is 0 Å². The van der Waals surface area contributed by atoms with E-state index in [-0.39, 0.29) is 4.90 Å². The number of furan rings is 1. The van der Waals surface area contributed by atoms with Crippen LogP contribution < -0.4 is 21.1 Å². The molecule has 164 valence electrons. The average Bonchev–Trinajstić information content (AvgIpc) is 3.12. The van der Waals surface area contributed by atoms with Gasteiger partial charge in [0.25, 0.3) is 0 Å². The summed E-state index contributed by atoms with van der Waals surface area (Å²) in [6.45, 7) is 4.85. The normalized spacial score (nSPS) is 12.2. The lowest BCUT2D eigenvalue weighted by Gasteiger charge is -2.08. The molecule has 30 heavy (non-hydrogen) atoms. The zero-order valence-corrected chi connectivity index (χ0v) is 18.1. The van der Waals surface area contributed by atoms with E-state index >= 15 is 0 Å². The molecule has 8 heteroatoms. The van der Waals surface area contributed by atoms with Gasteiger partial charge in [0.2, 0.25) is 10.0 Å². The number of para-hydroxylation sites is 1. The quantitative estimate of drug-likeness (QED) is 0.292. The van der Waals surface area contributed by atoms with Crippen LogP contribution in [0.5, 0.6) is 0 Å². The fourth-order valence-electron chi connectivity index (χ4n) is 3.35. The van der Waals surface area contributed by atoms with Crippen molar-refractivity contribution >= 4 is 32.0 Å². The summed E-state index contributed by atoms with van der Waals surface area (Å²) in [5.41, 5.74) is 6.90. The fraction of sp³-hybridized carbons (Fsp3) is 0.455. The molecule has 0 aliphatic carbocycles. The molecule has 0 saturated heterocycles. The van der Waals surface area contributed by atoms with Crippen molar-refractivity contribution in [3.63, 3.8) is 0 Å². The summed E-state index contributed by atoms with van der Waals surface area (Å²) in [6, 6.07) is 12.6. The van der Waals surface area contributed by atoms with E-state index in [1.807, 2.05) is 24.3 Å². The number of fused-ring (bicyclic) bond motifs is 3. The van der Waals surface area contributed by atoms with E-state index in [0.717, 1.165) is 74.8 Å². The van der Waals surface area contributed by atoms with Crippen molar-refractivity contribution < 1.29 is 12.8 Å². The first-order valence-corrected chi connectivity index (χ1v) is 12.1. The number of nitrogens with one attached hydrogen (secondary N) is 3. The molecule has 3 rings (SSSR count). The van der Waals surface area contributed by atoms with Gasteiger partial charge in [-0.3, -0.25) is 0 Å². The number of sulfonamides is 1. The molecule has 0 aliphatic heterocycles. The highest BCUT2D eigenvalue weighted by molar-refractivity contribution is 7.89. The van der Waals surface area contributed by atoms with Crippen LogP contribution in [0.15, 0.2) is 51.8 Å². The van der Waals surface area contributed by atoms with Gasteiger partial charge < -0.3 is 20.8 Å². The molecular weight excluding hydrogens is 400 g/mol. The zero-order valence-electron chi connectivity index (χ0n) is 17.3. The minimum atomic E-state index is -3.55. The molecule has 5 N–H and O–H groups in total. The van der Waals surface area contributed by atoms with Crippen molar-refractivity contribution in [3.05, 3.63) is 42.5 Å². The van der Waals surface area contributed by atoms with Crippen molar-refractivity contribution in [3.8, 4) is 0 Å². The van der Waals surface area contributed by atoms with Gasteiger partial charge in [0.15, 0.2) is 0 Å². The maximum atomic E-state index is 12.6. The summed E-state index contributed by atoms with van der Waals surface area (Å²) in [7, 11) is -3.55. The van der Waals surface area contributed by atoms with E-state index in [4.69, 9.17) is 10.2 Å². The van der Waals surface area contributed by atoms with Gasteiger partial charge in [-0.2, -0.15) is 0 Å². The topological polar surface area (TPSA) is 109 Å². The van der Waals surface area contributed by atoms with E-state index in [2.05, 4.69) is 15.4 Å². The number of hydrogen-bond acceptors (Lipinski definition) is 6. The molecule has 0 saturated carbocycles. The third-order valence-corrected chi connectivity index (χ3v) is 6.45. The van der Waals surface area contributed by atoms with Crippen molar-refractivity contribution in [2.45, 2.75) is 30.6 Å². The van der Waals surface area contributed by atoms with Crippen LogP contribution >= 0.6 is 0 Å². The van der Waals surface area contributed by atoms with Crippen LogP contribution in [0.4, 0.5) is 0 Å². The van der Waals surface area contributed by atoms with Gasteiger partial charge in [0.05, 0.1) is 4.90 Å². The maximum absolute atomic E-state index is 12.6. The lowest BCUT2D eigenvalue weighted by Crippen LogP contribution is -2.28. The molecule has 0 bridgehead atoms. The Labute approximate surface area is 178 Å². The number of nitrogens with two attached hydrogens (primary N) is 1. The fourth-order valence-corrected chi connectivity index (χ4v) is 4.45. The first-order chi connectivity index (χ1) is 14.6. The first kappa shape index (κ1) is 22.7. The molecule has 0 aliphatic rings. The van der Waals surface area contributed by atoms with Crippen LogP contribution in [0.25, 0.3) is 21.9 Å². The highest BCUT2D eigenvalue weighted by atomic mass is 32.2. The Balaban J connectivity index is 1.39. The largest absolute Gasteiger partial charge is 0.456 e. The Morgan fingerprint density at radius 3 is 2.20 bits per heavy atom. The second-order valence-electron chi connectivity index (χ2n) is 7.36. The summed E-state index contributed by atoms with van der Waals surface area (Å²) < 4.78 is 33.7. The minimum Gasteiger partial charge on any atom is -0.456 e. The SMILES string of the molecule is NCCCNCCCCNCCCNS(=O)(=O)c1ccc2oc3ccccc3c2c1. The zero-order chi connectivity index (χ0) is 21.2. The molecule has 1 aromatic heterocycles. The van der Waals surface area contributed by atoms with E-state index in [1.165, 1.54) is 0 Å². The Bertz CT molecular complexity index is 1030. The minimum absolute atomic E-state index is 0.261. The Morgan fingerprint density at radius 1 is 0.767 bits per heavy atom. The van der Waals surface area contributed by atoms with Gasteiger partial charge in [-0.1, -0.05) is 18.2 Å². The van der Waals surface area contributed by atoms with Crippen LogP contribution in [-0.4, -0.2) is 47.7 Å². The van der Waals surface area contributed by atoms with Crippen molar-refractivity contribution in [1.82, 2.24) is 15.4 Å². The van der Waals surface area contributed by atoms with Gasteiger partial charge in [-0.05, 0) is 82.7 Å². The molecule has 7 nitrogen and oxygen atoms in total. The highest BCUT2D eigenvalue weighted by Gasteiger charge is 2.16. The van der Waals surface area contributed by atoms with Gasteiger partial charge >= 0.3 is 0 Å².